The second-order valence-corrected chi connectivity index (χ2v) is 3.51. The van der Waals surface area contributed by atoms with Gasteiger partial charge in [-0.2, -0.15) is 0 Å². The summed E-state index contributed by atoms with van der Waals surface area (Å²) < 4.78 is 0. The first-order valence-electron chi connectivity index (χ1n) is 4.48. The van der Waals surface area contributed by atoms with Crippen molar-refractivity contribution in [3.63, 3.8) is 0 Å². The highest BCUT2D eigenvalue weighted by Gasteiger charge is 2.04. The summed E-state index contributed by atoms with van der Waals surface area (Å²) in [5.74, 6) is 0. The molecule has 0 spiro atoms. The molecule has 1 aromatic carbocycles. The Morgan fingerprint density at radius 2 is 1.93 bits per heavy atom. The monoisotopic (exact) mass is 188 g/mol. The van der Waals surface area contributed by atoms with E-state index in [0.29, 0.717) is 11.1 Å². The molecular weight excluding hydrogens is 176 g/mol. The molecule has 0 bridgehead atoms. The minimum atomic E-state index is -0.0527. The maximum absolute atomic E-state index is 11.6. The minimum Gasteiger partial charge on any atom is -0.399 e. The standard InChI is InChI=1S/C11H12N2O/c1-6-7(2)13-11(14)9-4-3-8(12)5-10(6)9/h3-5H,12H2,1-2H3,(H,13,14). The van der Waals surface area contributed by atoms with Gasteiger partial charge in [0.15, 0.2) is 0 Å². The van der Waals surface area contributed by atoms with E-state index in [9.17, 15) is 4.79 Å². The van der Waals surface area contributed by atoms with E-state index in [1.54, 1.807) is 12.1 Å². The van der Waals surface area contributed by atoms with E-state index in [-0.39, 0.29) is 5.56 Å². The first-order chi connectivity index (χ1) is 6.59. The molecule has 0 unspecified atom stereocenters. The van der Waals surface area contributed by atoms with Crippen LogP contribution >= 0.6 is 0 Å². The molecule has 72 valence electrons. The van der Waals surface area contributed by atoms with Crippen LogP contribution < -0.4 is 11.3 Å². The molecule has 0 atom stereocenters. The van der Waals surface area contributed by atoms with Crippen molar-refractivity contribution < 1.29 is 0 Å². The smallest absolute Gasteiger partial charge is 0.256 e. The Morgan fingerprint density at radius 1 is 1.21 bits per heavy atom. The van der Waals surface area contributed by atoms with Gasteiger partial charge >= 0.3 is 0 Å². The molecular formula is C11H12N2O. The number of fused-ring (bicyclic) bond motifs is 1. The third-order valence-corrected chi connectivity index (χ3v) is 2.56. The Morgan fingerprint density at radius 3 is 2.64 bits per heavy atom. The highest BCUT2D eigenvalue weighted by atomic mass is 16.1. The van der Waals surface area contributed by atoms with Crippen molar-refractivity contribution in [3.05, 3.63) is 39.8 Å². The third kappa shape index (κ3) is 1.18. The van der Waals surface area contributed by atoms with Crippen LogP contribution in [0.5, 0.6) is 0 Å². The molecule has 0 amide bonds. The van der Waals surface area contributed by atoms with E-state index < -0.39 is 0 Å². The van der Waals surface area contributed by atoms with Gasteiger partial charge in [0.2, 0.25) is 0 Å². The fraction of sp³-hybridized carbons (Fsp3) is 0.182. The van der Waals surface area contributed by atoms with Crippen molar-refractivity contribution in [2.45, 2.75) is 13.8 Å². The molecule has 14 heavy (non-hydrogen) atoms. The Bertz CT molecular complexity index is 555. The molecule has 1 aromatic heterocycles. The first kappa shape index (κ1) is 8.81. The molecule has 0 fully saturated rings. The topological polar surface area (TPSA) is 58.9 Å². The van der Waals surface area contributed by atoms with Crippen LogP contribution in [0.4, 0.5) is 5.69 Å². The zero-order valence-corrected chi connectivity index (χ0v) is 8.22. The number of nitrogen functional groups attached to an aromatic ring is 1. The number of nitrogens with one attached hydrogen (secondary N) is 1. The number of rotatable bonds is 0. The summed E-state index contributed by atoms with van der Waals surface area (Å²) >= 11 is 0. The summed E-state index contributed by atoms with van der Waals surface area (Å²) in [6.07, 6.45) is 0. The van der Waals surface area contributed by atoms with Crippen molar-refractivity contribution in [3.8, 4) is 0 Å². The Labute approximate surface area is 81.6 Å². The number of pyridine rings is 1. The minimum absolute atomic E-state index is 0.0527. The molecule has 0 saturated heterocycles. The second kappa shape index (κ2) is 2.87. The third-order valence-electron chi connectivity index (χ3n) is 2.56. The summed E-state index contributed by atoms with van der Waals surface area (Å²) in [7, 11) is 0. The molecule has 2 aromatic rings. The van der Waals surface area contributed by atoms with Crippen LogP contribution in [-0.2, 0) is 0 Å². The number of aromatic amines is 1. The van der Waals surface area contributed by atoms with Crippen LogP contribution in [-0.4, -0.2) is 4.98 Å². The Balaban J connectivity index is 3.03. The van der Waals surface area contributed by atoms with Gasteiger partial charge in [0.05, 0.1) is 0 Å². The number of benzene rings is 1. The van der Waals surface area contributed by atoms with Crippen LogP contribution in [0.2, 0.25) is 0 Å². The molecule has 0 aliphatic heterocycles. The molecule has 3 N–H and O–H groups in total. The quantitative estimate of drug-likeness (QED) is 0.618. The maximum Gasteiger partial charge on any atom is 0.256 e. The van der Waals surface area contributed by atoms with Crippen LogP contribution in [0.25, 0.3) is 10.8 Å². The van der Waals surface area contributed by atoms with Crippen LogP contribution in [0, 0.1) is 13.8 Å². The van der Waals surface area contributed by atoms with Crippen molar-refractivity contribution in [1.29, 1.82) is 0 Å². The van der Waals surface area contributed by atoms with Gasteiger partial charge in [0.1, 0.15) is 0 Å². The molecule has 3 heteroatoms. The fourth-order valence-electron chi connectivity index (χ4n) is 1.60. The molecule has 0 aliphatic carbocycles. The van der Waals surface area contributed by atoms with Crippen LogP contribution in [0.15, 0.2) is 23.0 Å². The molecule has 3 nitrogen and oxygen atoms in total. The van der Waals surface area contributed by atoms with Gasteiger partial charge in [-0.3, -0.25) is 4.79 Å². The van der Waals surface area contributed by atoms with Crippen molar-refractivity contribution >= 4 is 16.5 Å². The zero-order chi connectivity index (χ0) is 10.3. The summed E-state index contributed by atoms with van der Waals surface area (Å²) in [5, 5.41) is 1.63. The van der Waals surface area contributed by atoms with Gasteiger partial charge < -0.3 is 10.7 Å². The molecule has 2 rings (SSSR count). The van der Waals surface area contributed by atoms with Gasteiger partial charge in [0, 0.05) is 16.8 Å². The number of anilines is 1. The average molecular weight is 188 g/mol. The van der Waals surface area contributed by atoms with E-state index in [1.165, 1.54) is 0 Å². The SMILES string of the molecule is Cc1[nH]c(=O)c2ccc(N)cc2c1C. The largest absolute Gasteiger partial charge is 0.399 e. The lowest BCUT2D eigenvalue weighted by Crippen LogP contribution is -2.09. The average Bonchev–Trinajstić information content (AvgIpc) is 2.14. The van der Waals surface area contributed by atoms with Gasteiger partial charge in [-0.05, 0) is 43.0 Å². The van der Waals surface area contributed by atoms with Gasteiger partial charge in [-0.25, -0.2) is 0 Å². The number of H-pyrrole nitrogens is 1. The van der Waals surface area contributed by atoms with Crippen molar-refractivity contribution in [1.82, 2.24) is 4.98 Å². The van der Waals surface area contributed by atoms with Gasteiger partial charge in [-0.1, -0.05) is 0 Å². The normalized spacial score (nSPS) is 10.7. The first-order valence-corrected chi connectivity index (χ1v) is 4.48. The number of nitrogens with two attached hydrogens (primary N) is 1. The molecule has 0 radical (unpaired) electrons. The predicted molar refractivity (Wildman–Crippen MR) is 58.5 cm³/mol. The Kier molecular flexibility index (Phi) is 1.81. The van der Waals surface area contributed by atoms with E-state index in [4.69, 9.17) is 5.73 Å². The zero-order valence-electron chi connectivity index (χ0n) is 8.22. The fourth-order valence-corrected chi connectivity index (χ4v) is 1.60. The molecule has 1 heterocycles. The molecule has 0 aliphatic rings. The van der Waals surface area contributed by atoms with Gasteiger partial charge in [0.25, 0.3) is 5.56 Å². The predicted octanol–water partition coefficient (Wildman–Crippen LogP) is 1.73. The summed E-state index contributed by atoms with van der Waals surface area (Å²) in [5.41, 5.74) is 8.29. The van der Waals surface area contributed by atoms with Crippen molar-refractivity contribution in [2.24, 2.45) is 0 Å². The lowest BCUT2D eigenvalue weighted by atomic mass is 10.1. The number of hydrogen-bond acceptors (Lipinski definition) is 2. The van der Waals surface area contributed by atoms with E-state index >= 15 is 0 Å². The van der Waals surface area contributed by atoms with E-state index in [0.717, 1.165) is 16.6 Å². The van der Waals surface area contributed by atoms with E-state index in [1.807, 2.05) is 19.9 Å². The maximum atomic E-state index is 11.6. The van der Waals surface area contributed by atoms with Gasteiger partial charge in [-0.15, -0.1) is 0 Å². The highest BCUT2D eigenvalue weighted by molar-refractivity contribution is 5.87. The molecule has 0 saturated carbocycles. The van der Waals surface area contributed by atoms with Crippen LogP contribution in [0.1, 0.15) is 11.3 Å². The Hall–Kier alpha value is -1.77. The number of aryl methyl sites for hydroxylation is 2. The summed E-state index contributed by atoms with van der Waals surface area (Å²) in [4.78, 5) is 14.4. The lowest BCUT2D eigenvalue weighted by Gasteiger charge is -2.05. The summed E-state index contributed by atoms with van der Waals surface area (Å²) in [6, 6.07) is 5.34. The van der Waals surface area contributed by atoms with Crippen molar-refractivity contribution in [2.75, 3.05) is 5.73 Å². The summed E-state index contributed by atoms with van der Waals surface area (Å²) in [6.45, 7) is 3.87. The lowest BCUT2D eigenvalue weighted by molar-refractivity contribution is 1.13. The highest BCUT2D eigenvalue weighted by Crippen LogP contribution is 2.19. The van der Waals surface area contributed by atoms with E-state index in [2.05, 4.69) is 4.98 Å². The number of hydrogen-bond donors (Lipinski definition) is 2. The van der Waals surface area contributed by atoms with Crippen LogP contribution in [0.3, 0.4) is 0 Å². The number of aromatic nitrogens is 1. The second-order valence-electron chi connectivity index (χ2n) is 3.51.